The molecule has 0 aliphatic rings. The van der Waals surface area contributed by atoms with Gasteiger partial charge in [-0.1, -0.05) is 0 Å². The van der Waals surface area contributed by atoms with Crippen LogP contribution in [-0.4, -0.2) is 4.84 Å². The van der Waals surface area contributed by atoms with Gasteiger partial charge in [0.15, 0.2) is 0 Å². The summed E-state index contributed by atoms with van der Waals surface area (Å²) in [7, 11) is 0. The second kappa shape index (κ2) is 15.7. The zero-order valence-corrected chi connectivity index (χ0v) is 8.93. The Morgan fingerprint density at radius 3 is 1.29 bits per heavy atom. The number of halogens is 2. The first-order valence-electron chi connectivity index (χ1n) is 1.55. The molecule has 0 fully saturated rings. The van der Waals surface area contributed by atoms with Crippen LogP contribution in [0.15, 0.2) is 0 Å². The Kier molecular flexibility index (Phi) is 35.2. The zero-order valence-electron chi connectivity index (χ0n) is 4.45. The van der Waals surface area contributed by atoms with E-state index in [1.165, 1.54) is 0 Å². The Bertz CT molecular complexity index is 14.4. The van der Waals surface area contributed by atoms with E-state index in [4.69, 9.17) is 23.2 Å². The topological polar surface area (TPSA) is 0 Å². The first-order chi connectivity index (χ1) is 2.73. The summed E-state index contributed by atoms with van der Waals surface area (Å²) in [6, 6.07) is 0. The third kappa shape index (κ3) is 135. The third-order valence-corrected chi connectivity index (χ3v) is 0. The van der Waals surface area contributed by atoms with Crippen LogP contribution in [0.2, 0.25) is 0 Å². The molecule has 0 aromatic heterocycles. The summed E-state index contributed by atoms with van der Waals surface area (Å²) in [5.41, 5.74) is 0. The summed E-state index contributed by atoms with van der Waals surface area (Å²) in [4.78, 5) is -0.472. The Balaban J connectivity index is -0.0000000480. The summed E-state index contributed by atoms with van der Waals surface area (Å²) in [6.07, 6.45) is 0. The maximum atomic E-state index is 4.93. The van der Waals surface area contributed by atoms with Gasteiger partial charge in [-0.25, -0.2) is 0 Å². The van der Waals surface area contributed by atoms with E-state index in [0.717, 1.165) is 0 Å². The van der Waals surface area contributed by atoms with E-state index >= 15 is 0 Å². The summed E-state index contributed by atoms with van der Waals surface area (Å²) in [6.45, 7) is 8.17. The van der Waals surface area contributed by atoms with Gasteiger partial charge in [-0.2, -0.15) is 6.92 Å². The fraction of sp³-hybridized carbons (Fsp3) is 0.500. The van der Waals surface area contributed by atoms with Crippen molar-refractivity contribution in [1.82, 2.24) is 0 Å². The van der Waals surface area contributed by atoms with Gasteiger partial charge in [-0.15, -0.1) is 23.2 Å². The Labute approximate surface area is 68.3 Å². The second-order valence-corrected chi connectivity index (χ2v) is 1.67. The molecular formula is C4H8Cl2Zn. The van der Waals surface area contributed by atoms with Crippen LogP contribution in [0.3, 0.4) is 0 Å². The van der Waals surface area contributed by atoms with Crippen LogP contribution in [0.1, 0.15) is 6.92 Å². The third-order valence-electron chi connectivity index (χ3n) is 0. The molecular weight excluding hydrogens is 184 g/mol. The van der Waals surface area contributed by atoms with Gasteiger partial charge in [0.25, 0.3) is 0 Å². The van der Waals surface area contributed by atoms with Crippen molar-refractivity contribution in [3.05, 3.63) is 13.8 Å². The molecule has 0 rings (SSSR count). The van der Waals surface area contributed by atoms with E-state index in [1.54, 1.807) is 6.92 Å². The first-order valence-corrected chi connectivity index (χ1v) is 2.42. The molecule has 0 aromatic rings. The average Bonchev–Trinajstić information content (AvgIpc) is 1.41. The Hall–Kier alpha value is 1.20. The molecule has 0 atom stereocenters. The van der Waals surface area contributed by atoms with E-state index in [1.807, 2.05) is 0 Å². The quantitative estimate of drug-likeness (QED) is 0.314. The van der Waals surface area contributed by atoms with Gasteiger partial charge in [0.05, 0.1) is 0 Å². The fourth-order valence-corrected chi connectivity index (χ4v) is 0. The molecule has 7 heavy (non-hydrogen) atoms. The largest absolute Gasteiger partial charge is 2.00 e. The van der Waals surface area contributed by atoms with Crippen LogP contribution in [0.25, 0.3) is 0 Å². The molecule has 0 aliphatic heterocycles. The van der Waals surface area contributed by atoms with Crippen molar-refractivity contribution >= 4 is 23.2 Å². The van der Waals surface area contributed by atoms with Crippen molar-refractivity contribution in [3.63, 3.8) is 0 Å². The summed E-state index contributed by atoms with van der Waals surface area (Å²) in [5, 5.41) is 0. The molecule has 0 saturated carbocycles. The molecule has 0 nitrogen and oxygen atoms in total. The van der Waals surface area contributed by atoms with Gasteiger partial charge < -0.3 is 13.8 Å². The molecule has 0 bridgehead atoms. The normalized spacial score (nSPS) is 6.00. The van der Waals surface area contributed by atoms with Gasteiger partial charge in [-0.05, 0) is 4.84 Å². The minimum absolute atomic E-state index is 0. The molecule has 0 aliphatic carbocycles. The molecule has 0 radical (unpaired) electrons. The predicted molar refractivity (Wildman–Crippen MR) is 31.9 cm³/mol. The maximum absolute atomic E-state index is 4.93. The molecule has 0 saturated heterocycles. The smallest absolute Gasteiger partial charge is 0.346 e. The van der Waals surface area contributed by atoms with Gasteiger partial charge in [0.1, 0.15) is 0 Å². The first kappa shape index (κ1) is 15.7. The minimum Gasteiger partial charge on any atom is -0.346 e. The van der Waals surface area contributed by atoms with Crippen molar-refractivity contribution in [2.75, 3.05) is 0 Å². The summed E-state index contributed by atoms with van der Waals surface area (Å²) < 4.78 is 0. The van der Waals surface area contributed by atoms with Gasteiger partial charge in [0.2, 0.25) is 0 Å². The molecule has 0 heterocycles. The standard InChI is InChI=1S/C2H3Cl2.C2H5.Zn/c1-2(3)4;1-2;/h2H,1H2;1H2,2H3;/q2*-1;+2. The van der Waals surface area contributed by atoms with Crippen molar-refractivity contribution in [2.45, 2.75) is 11.8 Å². The molecule has 40 valence electrons. The number of hydrogen-bond acceptors (Lipinski definition) is 0. The van der Waals surface area contributed by atoms with Gasteiger partial charge >= 0.3 is 19.5 Å². The minimum atomic E-state index is -0.472. The van der Waals surface area contributed by atoms with Crippen molar-refractivity contribution in [2.24, 2.45) is 0 Å². The van der Waals surface area contributed by atoms with Crippen molar-refractivity contribution in [1.29, 1.82) is 0 Å². The van der Waals surface area contributed by atoms with E-state index in [9.17, 15) is 0 Å². The molecule has 3 heteroatoms. The Morgan fingerprint density at radius 2 is 1.29 bits per heavy atom. The van der Waals surface area contributed by atoms with Crippen LogP contribution in [0, 0.1) is 13.8 Å². The van der Waals surface area contributed by atoms with Crippen LogP contribution >= 0.6 is 23.2 Å². The average molecular weight is 192 g/mol. The maximum Gasteiger partial charge on any atom is 2.00 e. The van der Waals surface area contributed by atoms with Gasteiger partial charge in [0, 0.05) is 0 Å². The van der Waals surface area contributed by atoms with E-state index in [0.29, 0.717) is 0 Å². The number of hydrogen-bond donors (Lipinski definition) is 0. The number of alkyl halides is 2. The van der Waals surface area contributed by atoms with Crippen LogP contribution in [0.5, 0.6) is 0 Å². The number of rotatable bonds is 0. The van der Waals surface area contributed by atoms with Crippen LogP contribution in [0.4, 0.5) is 0 Å². The molecule has 0 aromatic carbocycles. The second-order valence-electron chi connectivity index (χ2n) is 0.391. The monoisotopic (exact) mass is 190 g/mol. The van der Waals surface area contributed by atoms with Gasteiger partial charge in [-0.3, -0.25) is 0 Å². The van der Waals surface area contributed by atoms with E-state index < -0.39 is 4.84 Å². The van der Waals surface area contributed by atoms with E-state index in [-0.39, 0.29) is 19.5 Å². The summed E-state index contributed by atoms with van der Waals surface area (Å²) >= 11 is 9.86. The molecule has 0 unspecified atom stereocenters. The van der Waals surface area contributed by atoms with Crippen molar-refractivity contribution in [3.8, 4) is 0 Å². The molecule has 0 N–H and O–H groups in total. The summed E-state index contributed by atoms with van der Waals surface area (Å²) in [5.74, 6) is 0. The Morgan fingerprint density at radius 1 is 1.29 bits per heavy atom. The zero-order chi connectivity index (χ0) is 5.58. The van der Waals surface area contributed by atoms with E-state index in [2.05, 4.69) is 13.8 Å². The SMILES string of the molecule is [CH2-]C.[CH2-]C(Cl)Cl.[Zn+2]. The molecule has 0 amide bonds. The molecule has 0 spiro atoms. The fourth-order valence-electron chi connectivity index (χ4n) is 0. The van der Waals surface area contributed by atoms with Crippen LogP contribution < -0.4 is 0 Å². The van der Waals surface area contributed by atoms with Crippen LogP contribution in [-0.2, 0) is 19.5 Å². The van der Waals surface area contributed by atoms with Crippen molar-refractivity contribution < 1.29 is 19.5 Å². The predicted octanol–water partition coefficient (Wildman–Crippen LogP) is 2.46.